The molecule has 5 atom stereocenters. The second kappa shape index (κ2) is 9.70. The zero-order valence-corrected chi connectivity index (χ0v) is 19.2. The lowest BCUT2D eigenvalue weighted by Gasteiger charge is -2.42. The molecule has 11 nitrogen and oxygen atoms in total. The van der Waals surface area contributed by atoms with E-state index in [-0.39, 0.29) is 0 Å². The van der Waals surface area contributed by atoms with Gasteiger partial charge in [0.15, 0.2) is 6.10 Å². The van der Waals surface area contributed by atoms with E-state index in [0.29, 0.717) is 36.9 Å². The van der Waals surface area contributed by atoms with Crippen LogP contribution >= 0.6 is 11.6 Å². The molecule has 0 radical (unpaired) electrons. The lowest BCUT2D eigenvalue weighted by molar-refractivity contribution is -0.358. The summed E-state index contributed by atoms with van der Waals surface area (Å²) in [5, 5.41) is 44.9. The summed E-state index contributed by atoms with van der Waals surface area (Å²) in [6.07, 6.45) is -8.24. The molecule has 3 heterocycles. The van der Waals surface area contributed by atoms with E-state index in [1.54, 1.807) is 17.2 Å². The zero-order valence-electron chi connectivity index (χ0n) is 18.5. The lowest BCUT2D eigenvalue weighted by Crippen LogP contribution is -2.62. The molecular weight excluding hydrogens is 480 g/mol. The number of carboxylic acid groups (broad SMARTS) is 1. The van der Waals surface area contributed by atoms with Gasteiger partial charge >= 0.3 is 5.97 Å². The first kappa shape index (κ1) is 23.9. The second-order valence-corrected chi connectivity index (χ2v) is 8.96. The number of benzene rings is 2. The number of anilines is 2. The Kier molecular flexibility index (Phi) is 6.64. The molecule has 0 aromatic heterocycles. The first-order valence-electron chi connectivity index (χ1n) is 11.2. The van der Waals surface area contributed by atoms with Gasteiger partial charge in [0.2, 0.25) is 6.29 Å². The van der Waals surface area contributed by atoms with Gasteiger partial charge in [-0.1, -0.05) is 23.7 Å². The number of carboxylic acids is 1. The van der Waals surface area contributed by atoms with Crippen molar-refractivity contribution in [1.29, 1.82) is 0 Å². The molecule has 186 valence electrons. The van der Waals surface area contributed by atoms with Gasteiger partial charge in [0.25, 0.3) is 0 Å². The summed E-state index contributed by atoms with van der Waals surface area (Å²) in [5.74, 6) is -0.687. The average molecular weight is 505 g/mol. The average Bonchev–Trinajstić information content (AvgIpc) is 3.01. The van der Waals surface area contributed by atoms with E-state index in [1.165, 1.54) is 0 Å². The van der Waals surface area contributed by atoms with Crippen LogP contribution in [0.4, 0.5) is 17.1 Å². The highest BCUT2D eigenvalue weighted by Gasteiger charge is 2.48. The number of aliphatic hydroxyl groups is 3. The Hall–Kier alpha value is -2.77. The van der Waals surface area contributed by atoms with Crippen LogP contribution in [0, 0.1) is 0 Å². The first-order valence-corrected chi connectivity index (χ1v) is 11.5. The lowest BCUT2D eigenvalue weighted by atomic mass is 9.99. The molecule has 2 saturated heterocycles. The molecule has 0 saturated carbocycles. The molecule has 3 aliphatic heterocycles. The molecule has 0 unspecified atom stereocenters. The van der Waals surface area contributed by atoms with E-state index in [9.17, 15) is 25.2 Å². The number of nitrogens with zero attached hydrogens (tertiary/aromatic N) is 3. The van der Waals surface area contributed by atoms with Crippen molar-refractivity contribution in [2.24, 2.45) is 4.99 Å². The number of rotatable bonds is 3. The molecule has 5 N–H and O–H groups in total. The Bertz CT molecular complexity index is 1140. The molecular formula is C23H25ClN4O7. The molecule has 35 heavy (non-hydrogen) atoms. The number of hydrogen-bond acceptors (Lipinski definition) is 10. The number of hydrogen-bond donors (Lipinski definition) is 5. The number of ether oxygens (including phenoxy) is 1. The van der Waals surface area contributed by atoms with Gasteiger partial charge in [0.1, 0.15) is 24.1 Å². The third kappa shape index (κ3) is 4.71. The number of aliphatic imine (C=N–C) groups is 1. The minimum absolute atomic E-state index is 0.389. The summed E-state index contributed by atoms with van der Waals surface area (Å²) in [5.41, 5.74) is 3.41. The number of aliphatic hydroxyl groups excluding tert-OH is 3. The number of para-hydroxylation sites is 1. The standard InChI is InChI=1S/C23H25ClN4O7/c24-12-5-6-15-16(11-12)26-21(13-3-1-2-4-14(13)25-15)27-7-9-28(10-8-27)35-23-19(31)17(29)18(30)20(34-23)22(32)33/h1-6,11,17-20,23,25,29-31H,7-10H2,(H,32,33)/t17-,18-,19+,20-,23-/m0/s1. The SMILES string of the molecule is O=C(O)[C@H]1O[C@@H](ON2CCN(C3=Nc4cc(Cl)ccc4Nc4ccccc43)CC2)[C@H](O)[C@@H](O)[C@@H]1O. The van der Waals surface area contributed by atoms with Gasteiger partial charge in [0, 0.05) is 42.5 Å². The quantitative estimate of drug-likeness (QED) is 0.408. The van der Waals surface area contributed by atoms with Crippen molar-refractivity contribution in [1.82, 2.24) is 9.96 Å². The maximum Gasteiger partial charge on any atom is 0.335 e. The number of aliphatic carboxylic acids is 1. The molecule has 2 aromatic rings. The molecule has 2 aromatic carbocycles. The number of hydroxylamine groups is 2. The van der Waals surface area contributed by atoms with Crippen LogP contribution in [0.2, 0.25) is 5.02 Å². The molecule has 0 bridgehead atoms. The minimum atomic E-state index is -1.77. The molecule has 12 heteroatoms. The Balaban J connectivity index is 1.31. The van der Waals surface area contributed by atoms with E-state index in [1.807, 2.05) is 30.3 Å². The van der Waals surface area contributed by atoms with Crippen LogP contribution in [0.25, 0.3) is 0 Å². The molecule has 5 rings (SSSR count). The van der Waals surface area contributed by atoms with Crippen LogP contribution in [0.3, 0.4) is 0 Å². The molecule has 2 fully saturated rings. The van der Waals surface area contributed by atoms with E-state index in [0.717, 1.165) is 22.8 Å². The smallest absolute Gasteiger partial charge is 0.335 e. The van der Waals surface area contributed by atoms with Crippen molar-refractivity contribution in [3.05, 3.63) is 53.1 Å². The fraction of sp³-hybridized carbons (Fsp3) is 0.391. The van der Waals surface area contributed by atoms with Gasteiger partial charge in [-0.15, -0.1) is 0 Å². The number of carbonyl (C=O) groups is 1. The summed E-state index contributed by atoms with van der Waals surface area (Å²) >= 11 is 6.21. The number of piperazine rings is 1. The summed E-state index contributed by atoms with van der Waals surface area (Å²) < 4.78 is 5.22. The van der Waals surface area contributed by atoms with Crippen molar-refractivity contribution in [2.75, 3.05) is 31.5 Å². The van der Waals surface area contributed by atoms with Gasteiger partial charge in [-0.3, -0.25) is 4.84 Å². The van der Waals surface area contributed by atoms with Gasteiger partial charge < -0.3 is 35.4 Å². The number of fused-ring (bicyclic) bond motifs is 2. The topological polar surface area (TPSA) is 147 Å². The third-order valence-corrected chi connectivity index (χ3v) is 6.46. The van der Waals surface area contributed by atoms with Crippen molar-refractivity contribution >= 4 is 40.5 Å². The van der Waals surface area contributed by atoms with Crippen molar-refractivity contribution < 1.29 is 34.8 Å². The van der Waals surface area contributed by atoms with Crippen LogP contribution < -0.4 is 5.32 Å². The third-order valence-electron chi connectivity index (χ3n) is 6.23. The molecule has 0 spiro atoms. The highest BCUT2D eigenvalue weighted by Crippen LogP contribution is 2.36. The summed E-state index contributed by atoms with van der Waals surface area (Å²) in [6.45, 7) is 1.80. The molecule has 3 aliphatic rings. The van der Waals surface area contributed by atoms with Gasteiger partial charge in [-0.05, 0) is 30.3 Å². The van der Waals surface area contributed by atoms with Gasteiger partial charge in [-0.2, -0.15) is 5.06 Å². The second-order valence-electron chi connectivity index (χ2n) is 8.52. The predicted molar refractivity (Wildman–Crippen MR) is 126 cm³/mol. The van der Waals surface area contributed by atoms with E-state index in [2.05, 4.69) is 10.2 Å². The fourth-order valence-electron chi connectivity index (χ4n) is 4.34. The van der Waals surface area contributed by atoms with Crippen LogP contribution in [0.15, 0.2) is 47.5 Å². The maximum atomic E-state index is 11.3. The maximum absolute atomic E-state index is 11.3. The Morgan fingerprint density at radius 3 is 2.51 bits per heavy atom. The number of halogens is 1. The number of nitrogens with one attached hydrogen (secondary N) is 1. The number of amidine groups is 1. The van der Waals surface area contributed by atoms with E-state index in [4.69, 9.17) is 26.2 Å². The van der Waals surface area contributed by atoms with Crippen molar-refractivity contribution in [3.63, 3.8) is 0 Å². The van der Waals surface area contributed by atoms with Crippen molar-refractivity contribution in [3.8, 4) is 0 Å². The van der Waals surface area contributed by atoms with Crippen LogP contribution in [-0.4, -0.2) is 99.1 Å². The van der Waals surface area contributed by atoms with Gasteiger partial charge in [0.05, 0.1) is 11.4 Å². The normalized spacial score (nSPS) is 28.9. The highest BCUT2D eigenvalue weighted by atomic mass is 35.5. The van der Waals surface area contributed by atoms with Crippen molar-refractivity contribution in [2.45, 2.75) is 30.7 Å². The summed E-state index contributed by atoms with van der Waals surface area (Å²) in [7, 11) is 0. The Labute approximate surface area is 205 Å². The minimum Gasteiger partial charge on any atom is -0.479 e. The molecule has 0 aliphatic carbocycles. The first-order chi connectivity index (χ1) is 16.8. The summed E-state index contributed by atoms with van der Waals surface area (Å²) in [6, 6.07) is 13.4. The molecule has 0 amide bonds. The largest absolute Gasteiger partial charge is 0.479 e. The highest BCUT2D eigenvalue weighted by molar-refractivity contribution is 6.31. The Morgan fingerprint density at radius 2 is 1.77 bits per heavy atom. The van der Waals surface area contributed by atoms with Gasteiger partial charge in [-0.25, -0.2) is 9.79 Å². The monoisotopic (exact) mass is 504 g/mol. The Morgan fingerprint density at radius 1 is 1.03 bits per heavy atom. The van der Waals surface area contributed by atoms with Crippen LogP contribution in [0.5, 0.6) is 0 Å². The van der Waals surface area contributed by atoms with E-state index < -0.39 is 36.7 Å². The summed E-state index contributed by atoms with van der Waals surface area (Å²) in [4.78, 5) is 24.0. The van der Waals surface area contributed by atoms with Crippen LogP contribution in [-0.2, 0) is 14.4 Å². The van der Waals surface area contributed by atoms with E-state index >= 15 is 0 Å². The fourth-order valence-corrected chi connectivity index (χ4v) is 4.51. The zero-order chi connectivity index (χ0) is 24.7. The van der Waals surface area contributed by atoms with Crippen LogP contribution in [0.1, 0.15) is 5.56 Å². The predicted octanol–water partition coefficient (Wildman–Crippen LogP) is 0.917.